The van der Waals surface area contributed by atoms with Gasteiger partial charge < -0.3 is 29.6 Å². The average molecular weight is 418 g/mol. The summed E-state index contributed by atoms with van der Waals surface area (Å²) in [7, 11) is 3.26. The van der Waals surface area contributed by atoms with E-state index in [1.165, 1.54) is 0 Å². The van der Waals surface area contributed by atoms with Crippen LogP contribution in [0.5, 0.6) is 11.5 Å². The summed E-state index contributed by atoms with van der Waals surface area (Å²) in [5.41, 5.74) is -0.288. The summed E-state index contributed by atoms with van der Waals surface area (Å²) < 4.78 is 16.3. The van der Waals surface area contributed by atoms with Gasteiger partial charge in [-0.15, -0.1) is 0 Å². The first-order valence-corrected chi connectivity index (χ1v) is 10.2. The number of aliphatic imine (C=N–C) groups is 1. The molecule has 0 aliphatic rings. The Morgan fingerprint density at radius 1 is 1.07 bits per heavy atom. The van der Waals surface area contributed by atoms with Gasteiger partial charge in [-0.3, -0.25) is 4.99 Å². The smallest absolute Gasteiger partial charge is 0.191 e. The monoisotopic (exact) mass is 417 g/mol. The molecule has 3 N–H and O–H groups in total. The van der Waals surface area contributed by atoms with E-state index in [4.69, 9.17) is 18.9 Å². The molecule has 1 unspecified atom stereocenters. The molecule has 0 bridgehead atoms. The van der Waals surface area contributed by atoms with Crippen molar-refractivity contribution in [3.05, 3.63) is 47.4 Å². The van der Waals surface area contributed by atoms with Crippen LogP contribution in [0.3, 0.4) is 0 Å². The minimum Gasteiger partial charge on any atom is -0.493 e. The van der Waals surface area contributed by atoms with Crippen LogP contribution >= 0.6 is 0 Å². The molecular weight excluding hydrogens is 382 g/mol. The van der Waals surface area contributed by atoms with E-state index in [2.05, 4.69) is 24.5 Å². The number of hydrogen-bond donors (Lipinski definition) is 3. The highest BCUT2D eigenvalue weighted by atomic mass is 16.5. The van der Waals surface area contributed by atoms with Gasteiger partial charge >= 0.3 is 0 Å². The zero-order chi connectivity index (χ0) is 22.4. The van der Waals surface area contributed by atoms with Gasteiger partial charge in [0.25, 0.3) is 0 Å². The van der Waals surface area contributed by atoms with Crippen LogP contribution in [-0.2, 0) is 11.0 Å². The lowest BCUT2D eigenvalue weighted by atomic mass is 9.84. The third-order valence-corrected chi connectivity index (χ3v) is 5.01. The van der Waals surface area contributed by atoms with E-state index in [0.29, 0.717) is 36.3 Å². The fraction of sp³-hybridized carbons (Fsp3) is 0.522. The first-order chi connectivity index (χ1) is 14.1. The van der Waals surface area contributed by atoms with Gasteiger partial charge in [0.1, 0.15) is 17.1 Å². The van der Waals surface area contributed by atoms with Crippen LogP contribution in [0.25, 0.3) is 0 Å². The lowest BCUT2D eigenvalue weighted by Gasteiger charge is -2.26. The lowest BCUT2D eigenvalue weighted by molar-refractivity contribution is 0.0378. The second-order valence-corrected chi connectivity index (χ2v) is 8.19. The number of guanidine groups is 1. The highest BCUT2D eigenvalue weighted by Crippen LogP contribution is 2.33. The summed E-state index contributed by atoms with van der Waals surface area (Å²) in [4.78, 5) is 4.74. The maximum Gasteiger partial charge on any atom is 0.191 e. The Morgan fingerprint density at radius 3 is 2.33 bits per heavy atom. The second kappa shape index (κ2) is 9.89. The Labute approximate surface area is 179 Å². The molecule has 1 aromatic carbocycles. The Hall–Kier alpha value is -2.67. The van der Waals surface area contributed by atoms with E-state index in [9.17, 15) is 5.11 Å². The standard InChI is InChI=1S/C23H35N3O4/c1-8-24-21(26-15-23(5,27)20-12-9-16(2)30-20)25-14-22(3,4)17-10-11-18(28-6)19(13-17)29-7/h9-13,27H,8,14-15H2,1-7H3,(H2,24,25,26). The highest BCUT2D eigenvalue weighted by Gasteiger charge is 2.27. The largest absolute Gasteiger partial charge is 0.493 e. The quantitative estimate of drug-likeness (QED) is 0.428. The molecule has 0 aliphatic heterocycles. The van der Waals surface area contributed by atoms with Crippen LogP contribution in [0.15, 0.2) is 39.7 Å². The van der Waals surface area contributed by atoms with Gasteiger partial charge in [-0.05, 0) is 50.6 Å². The first kappa shape index (κ1) is 23.6. The van der Waals surface area contributed by atoms with Crippen LogP contribution < -0.4 is 20.1 Å². The minimum atomic E-state index is -1.15. The first-order valence-electron chi connectivity index (χ1n) is 10.2. The fourth-order valence-corrected chi connectivity index (χ4v) is 3.03. The summed E-state index contributed by atoms with van der Waals surface area (Å²) >= 11 is 0. The minimum absolute atomic E-state index is 0.234. The van der Waals surface area contributed by atoms with E-state index in [1.54, 1.807) is 27.2 Å². The van der Waals surface area contributed by atoms with Crippen molar-refractivity contribution in [1.82, 2.24) is 10.6 Å². The zero-order valence-corrected chi connectivity index (χ0v) is 19.1. The SMILES string of the molecule is CCNC(=NCC(C)(C)c1ccc(OC)c(OC)c1)NCC(C)(O)c1ccc(C)o1. The number of hydrogen-bond acceptors (Lipinski definition) is 5. The predicted octanol–water partition coefficient (Wildman–Crippen LogP) is 3.35. The number of nitrogens with zero attached hydrogens (tertiary/aromatic N) is 1. The fourth-order valence-electron chi connectivity index (χ4n) is 3.03. The number of aryl methyl sites for hydroxylation is 1. The van der Waals surface area contributed by atoms with Crippen LogP contribution in [0.1, 0.15) is 44.8 Å². The molecule has 0 radical (unpaired) electrons. The van der Waals surface area contributed by atoms with Gasteiger partial charge in [0.05, 0.1) is 27.3 Å². The van der Waals surface area contributed by atoms with Crippen molar-refractivity contribution >= 4 is 5.96 Å². The number of benzene rings is 1. The summed E-state index contributed by atoms with van der Waals surface area (Å²) in [5.74, 6) is 3.32. The van der Waals surface area contributed by atoms with Crippen LogP contribution in [0.4, 0.5) is 0 Å². The Kier molecular flexibility index (Phi) is 7.78. The van der Waals surface area contributed by atoms with Crippen molar-refractivity contribution in [3.8, 4) is 11.5 Å². The van der Waals surface area contributed by atoms with Crippen molar-refractivity contribution in [2.24, 2.45) is 4.99 Å². The molecule has 0 spiro atoms. The lowest BCUT2D eigenvalue weighted by Crippen LogP contribution is -2.45. The number of ether oxygens (including phenoxy) is 2. The molecular formula is C23H35N3O4. The summed E-state index contributed by atoms with van der Waals surface area (Å²) in [6, 6.07) is 9.56. The third-order valence-electron chi connectivity index (χ3n) is 5.01. The normalized spacial score (nSPS) is 14.2. The summed E-state index contributed by atoms with van der Waals surface area (Å²) in [6.07, 6.45) is 0. The third kappa shape index (κ3) is 5.92. The van der Waals surface area contributed by atoms with Crippen molar-refractivity contribution in [3.63, 3.8) is 0 Å². The van der Waals surface area contributed by atoms with Crippen molar-refractivity contribution in [2.45, 2.75) is 45.6 Å². The molecule has 0 amide bonds. The maximum atomic E-state index is 10.8. The molecule has 0 aliphatic carbocycles. The van der Waals surface area contributed by atoms with Gasteiger partial charge in [0.2, 0.25) is 0 Å². The van der Waals surface area contributed by atoms with Gasteiger partial charge in [-0.2, -0.15) is 0 Å². The van der Waals surface area contributed by atoms with E-state index in [0.717, 1.165) is 11.3 Å². The molecule has 30 heavy (non-hydrogen) atoms. The van der Waals surface area contributed by atoms with Gasteiger partial charge in [0, 0.05) is 12.0 Å². The van der Waals surface area contributed by atoms with Crippen molar-refractivity contribution in [2.75, 3.05) is 33.9 Å². The topological polar surface area (TPSA) is 88.3 Å². The average Bonchev–Trinajstić information content (AvgIpc) is 3.16. The van der Waals surface area contributed by atoms with E-state index in [-0.39, 0.29) is 12.0 Å². The molecule has 7 heteroatoms. The van der Waals surface area contributed by atoms with E-state index >= 15 is 0 Å². The zero-order valence-electron chi connectivity index (χ0n) is 19.1. The molecule has 0 saturated heterocycles. The maximum absolute atomic E-state index is 10.8. The molecule has 7 nitrogen and oxygen atoms in total. The van der Waals surface area contributed by atoms with Crippen LogP contribution in [0, 0.1) is 6.92 Å². The Morgan fingerprint density at radius 2 is 1.77 bits per heavy atom. The predicted molar refractivity (Wildman–Crippen MR) is 120 cm³/mol. The van der Waals surface area contributed by atoms with Crippen molar-refractivity contribution < 1.29 is 19.0 Å². The number of aliphatic hydroxyl groups is 1. The van der Waals surface area contributed by atoms with Crippen LogP contribution in [0.2, 0.25) is 0 Å². The molecule has 1 aromatic heterocycles. The van der Waals surface area contributed by atoms with Crippen LogP contribution in [-0.4, -0.2) is 44.9 Å². The highest BCUT2D eigenvalue weighted by molar-refractivity contribution is 5.79. The van der Waals surface area contributed by atoms with Gasteiger partial charge in [-0.25, -0.2) is 0 Å². The second-order valence-electron chi connectivity index (χ2n) is 8.19. The molecule has 0 saturated carbocycles. The molecule has 1 atom stereocenters. The van der Waals surface area contributed by atoms with E-state index in [1.807, 2.05) is 38.1 Å². The molecule has 2 aromatic rings. The number of methoxy groups -OCH3 is 2. The number of rotatable bonds is 9. The van der Waals surface area contributed by atoms with E-state index < -0.39 is 5.60 Å². The number of nitrogens with one attached hydrogen (secondary N) is 2. The molecule has 1 heterocycles. The van der Waals surface area contributed by atoms with Gasteiger partial charge in [-0.1, -0.05) is 19.9 Å². The molecule has 0 fully saturated rings. The Bertz CT molecular complexity index is 856. The Balaban J connectivity index is 2.12. The summed E-state index contributed by atoms with van der Waals surface area (Å²) in [6.45, 7) is 11.4. The molecule has 166 valence electrons. The molecule has 2 rings (SSSR count). The number of furan rings is 1. The van der Waals surface area contributed by atoms with Crippen molar-refractivity contribution in [1.29, 1.82) is 0 Å². The van der Waals surface area contributed by atoms with Gasteiger partial charge in [0.15, 0.2) is 17.5 Å². The summed E-state index contributed by atoms with van der Waals surface area (Å²) in [5, 5.41) is 17.2.